The van der Waals surface area contributed by atoms with Crippen LogP contribution in [0, 0.1) is 0 Å². The number of nitrogens with zero attached hydrogens (tertiary/aromatic N) is 1. The first-order valence-electron chi connectivity index (χ1n) is 8.90. The molecule has 134 valence electrons. The minimum Gasteiger partial charge on any atom is -0.495 e. The van der Waals surface area contributed by atoms with Crippen LogP contribution in [0.2, 0.25) is 5.02 Å². The molecule has 0 aliphatic carbocycles. The van der Waals surface area contributed by atoms with Crippen LogP contribution in [0.4, 0.5) is 11.4 Å². The van der Waals surface area contributed by atoms with Crippen LogP contribution in [0.3, 0.4) is 0 Å². The van der Waals surface area contributed by atoms with Crippen LogP contribution in [-0.2, 0) is 4.74 Å². The third-order valence-corrected chi connectivity index (χ3v) is 5.36. The zero-order chi connectivity index (χ0) is 18.4. The SMILES string of the molecule is COc1cccc2c1N1c3ccccc3[C@@H](c3ccc(Cl)cc3)O[C@H]1C=C2. The van der Waals surface area contributed by atoms with E-state index in [1.165, 1.54) is 0 Å². The Balaban J connectivity index is 1.69. The third-order valence-electron chi connectivity index (χ3n) is 5.11. The molecule has 3 aromatic rings. The molecule has 2 heterocycles. The number of hydrogen-bond donors (Lipinski definition) is 0. The fourth-order valence-electron chi connectivity index (χ4n) is 3.90. The number of para-hydroxylation sites is 2. The van der Waals surface area contributed by atoms with Gasteiger partial charge in [-0.3, -0.25) is 0 Å². The van der Waals surface area contributed by atoms with Gasteiger partial charge in [0.15, 0.2) is 6.23 Å². The highest BCUT2D eigenvalue weighted by atomic mass is 35.5. The number of halogens is 1. The van der Waals surface area contributed by atoms with E-state index < -0.39 is 0 Å². The van der Waals surface area contributed by atoms with Gasteiger partial charge in [-0.2, -0.15) is 0 Å². The Labute approximate surface area is 163 Å². The second-order valence-electron chi connectivity index (χ2n) is 6.64. The van der Waals surface area contributed by atoms with Gasteiger partial charge in [-0.25, -0.2) is 0 Å². The Kier molecular flexibility index (Phi) is 3.92. The van der Waals surface area contributed by atoms with E-state index >= 15 is 0 Å². The third kappa shape index (κ3) is 2.62. The number of ether oxygens (including phenoxy) is 2. The van der Waals surface area contributed by atoms with Crippen LogP contribution >= 0.6 is 11.6 Å². The summed E-state index contributed by atoms with van der Waals surface area (Å²) in [6.07, 6.45) is 3.84. The van der Waals surface area contributed by atoms with Crippen molar-refractivity contribution < 1.29 is 9.47 Å². The molecule has 3 aromatic carbocycles. The maximum Gasteiger partial charge on any atom is 0.155 e. The molecule has 0 radical (unpaired) electrons. The van der Waals surface area contributed by atoms with Crippen molar-refractivity contribution in [1.29, 1.82) is 0 Å². The Morgan fingerprint density at radius 1 is 0.963 bits per heavy atom. The second kappa shape index (κ2) is 6.45. The predicted molar refractivity (Wildman–Crippen MR) is 109 cm³/mol. The zero-order valence-electron chi connectivity index (χ0n) is 14.8. The second-order valence-corrected chi connectivity index (χ2v) is 7.08. The van der Waals surface area contributed by atoms with Crippen molar-refractivity contribution in [2.24, 2.45) is 0 Å². The first-order valence-corrected chi connectivity index (χ1v) is 9.28. The molecule has 4 heteroatoms. The van der Waals surface area contributed by atoms with Crippen LogP contribution in [0.25, 0.3) is 6.08 Å². The van der Waals surface area contributed by atoms with Gasteiger partial charge in [0.25, 0.3) is 0 Å². The van der Waals surface area contributed by atoms with E-state index in [1.807, 2.05) is 42.5 Å². The Morgan fingerprint density at radius 3 is 2.59 bits per heavy atom. The molecule has 0 fully saturated rings. The summed E-state index contributed by atoms with van der Waals surface area (Å²) in [5, 5.41) is 0.723. The van der Waals surface area contributed by atoms with Crippen molar-refractivity contribution in [3.8, 4) is 5.75 Å². The molecule has 27 heavy (non-hydrogen) atoms. The molecule has 3 nitrogen and oxygen atoms in total. The molecule has 2 aliphatic heterocycles. The smallest absolute Gasteiger partial charge is 0.155 e. The minimum absolute atomic E-state index is 0.152. The van der Waals surface area contributed by atoms with Gasteiger partial charge in [0.05, 0.1) is 18.5 Å². The van der Waals surface area contributed by atoms with Crippen LogP contribution in [0.5, 0.6) is 5.75 Å². The molecule has 0 spiro atoms. The summed E-state index contributed by atoms with van der Waals surface area (Å²) >= 11 is 6.08. The first kappa shape index (κ1) is 16.4. The van der Waals surface area contributed by atoms with E-state index in [0.29, 0.717) is 0 Å². The molecule has 0 N–H and O–H groups in total. The zero-order valence-corrected chi connectivity index (χ0v) is 15.6. The van der Waals surface area contributed by atoms with Crippen LogP contribution in [-0.4, -0.2) is 13.3 Å². The van der Waals surface area contributed by atoms with Crippen LogP contribution < -0.4 is 9.64 Å². The van der Waals surface area contributed by atoms with E-state index in [2.05, 4.69) is 41.3 Å². The first-order chi connectivity index (χ1) is 13.3. The average molecular weight is 376 g/mol. The molecule has 0 aromatic heterocycles. The van der Waals surface area contributed by atoms with Gasteiger partial charge in [-0.05, 0) is 35.9 Å². The summed E-state index contributed by atoms with van der Waals surface area (Å²) in [5.41, 5.74) is 5.50. The number of anilines is 2. The number of fused-ring (bicyclic) bond motifs is 5. The molecular weight excluding hydrogens is 358 g/mol. The number of methoxy groups -OCH3 is 1. The van der Waals surface area contributed by atoms with E-state index in [4.69, 9.17) is 21.1 Å². The molecule has 0 unspecified atom stereocenters. The Hall–Kier alpha value is -2.75. The quantitative estimate of drug-likeness (QED) is 0.551. The number of hydrogen-bond acceptors (Lipinski definition) is 3. The van der Waals surface area contributed by atoms with Crippen molar-refractivity contribution in [3.63, 3.8) is 0 Å². The summed E-state index contributed by atoms with van der Waals surface area (Å²) in [7, 11) is 1.70. The highest BCUT2D eigenvalue weighted by molar-refractivity contribution is 6.30. The highest BCUT2D eigenvalue weighted by Gasteiger charge is 2.37. The van der Waals surface area contributed by atoms with Crippen molar-refractivity contribution in [2.75, 3.05) is 12.0 Å². The molecule has 2 atom stereocenters. The summed E-state index contributed by atoms with van der Waals surface area (Å²) < 4.78 is 12.2. The van der Waals surface area contributed by atoms with Gasteiger partial charge in [-0.1, -0.05) is 60.1 Å². The molecule has 0 bridgehead atoms. The van der Waals surface area contributed by atoms with Crippen molar-refractivity contribution >= 4 is 29.1 Å². The number of rotatable bonds is 2. The molecule has 2 aliphatic rings. The van der Waals surface area contributed by atoms with E-state index in [9.17, 15) is 0 Å². The molecule has 0 amide bonds. The van der Waals surface area contributed by atoms with Gasteiger partial charge in [0, 0.05) is 16.1 Å². The lowest BCUT2D eigenvalue weighted by molar-refractivity contribution is 0.0300. The van der Waals surface area contributed by atoms with Gasteiger partial charge in [-0.15, -0.1) is 0 Å². The highest BCUT2D eigenvalue weighted by Crippen LogP contribution is 2.49. The van der Waals surface area contributed by atoms with Crippen molar-refractivity contribution in [2.45, 2.75) is 12.3 Å². The lowest BCUT2D eigenvalue weighted by Gasteiger charge is -2.43. The summed E-state index contributed by atoms with van der Waals surface area (Å²) in [6, 6.07) is 22.3. The van der Waals surface area contributed by atoms with E-state index in [-0.39, 0.29) is 12.3 Å². The van der Waals surface area contributed by atoms with Gasteiger partial charge in [0.1, 0.15) is 11.9 Å². The molecule has 5 rings (SSSR count). The van der Waals surface area contributed by atoms with Crippen molar-refractivity contribution in [1.82, 2.24) is 0 Å². The maximum absolute atomic E-state index is 6.54. The van der Waals surface area contributed by atoms with Gasteiger partial charge >= 0.3 is 0 Å². The standard InChI is InChI=1S/C23H18ClNO2/c1-26-20-8-4-5-15-11-14-21-25(22(15)20)19-7-3-2-6-18(19)23(27-21)16-9-12-17(24)13-10-16/h2-14,21,23H,1H3/t21-,23+/m0/s1. The predicted octanol–water partition coefficient (Wildman–Crippen LogP) is 5.96. The van der Waals surface area contributed by atoms with Crippen molar-refractivity contribution in [3.05, 3.63) is 94.5 Å². The summed E-state index contributed by atoms with van der Waals surface area (Å²) in [4.78, 5) is 2.22. The number of benzene rings is 3. The van der Waals surface area contributed by atoms with Crippen LogP contribution in [0.15, 0.2) is 72.8 Å². The average Bonchev–Trinajstić information content (AvgIpc) is 2.73. The Bertz CT molecular complexity index is 1030. The minimum atomic E-state index is -0.204. The maximum atomic E-state index is 6.54. The molecule has 0 saturated heterocycles. The van der Waals surface area contributed by atoms with Crippen LogP contribution in [0.1, 0.15) is 22.8 Å². The monoisotopic (exact) mass is 375 g/mol. The lowest BCUT2D eigenvalue weighted by atomic mass is 9.94. The normalized spacial score (nSPS) is 19.9. The summed E-state index contributed by atoms with van der Waals surface area (Å²) in [5.74, 6) is 0.838. The molecule has 0 saturated carbocycles. The lowest BCUT2D eigenvalue weighted by Crippen LogP contribution is -2.40. The van der Waals surface area contributed by atoms with Gasteiger partial charge in [0.2, 0.25) is 0 Å². The largest absolute Gasteiger partial charge is 0.495 e. The Morgan fingerprint density at radius 2 is 1.78 bits per heavy atom. The van der Waals surface area contributed by atoms with E-state index in [1.54, 1.807) is 7.11 Å². The van der Waals surface area contributed by atoms with E-state index in [0.717, 1.165) is 38.8 Å². The fraction of sp³-hybridized carbons (Fsp3) is 0.130. The topological polar surface area (TPSA) is 21.7 Å². The molecular formula is C23H18ClNO2. The summed E-state index contributed by atoms with van der Waals surface area (Å²) in [6.45, 7) is 0. The fourth-order valence-corrected chi connectivity index (χ4v) is 4.02. The van der Waals surface area contributed by atoms with Gasteiger partial charge < -0.3 is 14.4 Å².